The zero-order valence-electron chi connectivity index (χ0n) is 17.0. The Hall–Kier alpha value is -3.07. The summed E-state index contributed by atoms with van der Waals surface area (Å²) in [6.45, 7) is 0. The van der Waals surface area contributed by atoms with Gasteiger partial charge < -0.3 is 5.32 Å². The maximum absolute atomic E-state index is 13.3. The molecule has 3 aromatic rings. The zero-order chi connectivity index (χ0) is 23.3. The first-order chi connectivity index (χ1) is 15.1. The van der Waals surface area contributed by atoms with E-state index >= 15 is 0 Å². The minimum Gasteiger partial charge on any atom is -0.325 e. The highest BCUT2D eigenvalue weighted by Crippen LogP contribution is 2.25. The van der Waals surface area contributed by atoms with E-state index in [0.717, 1.165) is 6.26 Å². The second kappa shape index (κ2) is 10.0. The van der Waals surface area contributed by atoms with Gasteiger partial charge in [-0.3, -0.25) is 9.59 Å². The lowest BCUT2D eigenvalue weighted by Gasteiger charge is -2.18. The first-order valence-electron chi connectivity index (χ1n) is 9.54. The summed E-state index contributed by atoms with van der Waals surface area (Å²) in [4.78, 5) is 25.7. The van der Waals surface area contributed by atoms with Crippen molar-refractivity contribution in [2.24, 2.45) is 0 Å². The molecule has 0 radical (unpaired) electrons. The number of benzene rings is 3. The Morgan fingerprint density at radius 3 is 2.28 bits per heavy atom. The van der Waals surface area contributed by atoms with Gasteiger partial charge in [0.2, 0.25) is 15.9 Å². The molecule has 0 fully saturated rings. The van der Waals surface area contributed by atoms with Crippen LogP contribution in [0.5, 0.6) is 0 Å². The van der Waals surface area contributed by atoms with Crippen LogP contribution >= 0.6 is 11.6 Å². The van der Waals surface area contributed by atoms with E-state index in [-0.39, 0.29) is 23.5 Å². The molecular weight excluding hydrogens is 455 g/mol. The number of rotatable bonds is 8. The van der Waals surface area contributed by atoms with Gasteiger partial charge in [-0.2, -0.15) is 0 Å². The van der Waals surface area contributed by atoms with Crippen LogP contribution < -0.4 is 10.0 Å². The van der Waals surface area contributed by atoms with Gasteiger partial charge in [0.05, 0.1) is 18.0 Å². The van der Waals surface area contributed by atoms with Crippen LogP contribution in [0.1, 0.15) is 33.9 Å². The van der Waals surface area contributed by atoms with Crippen molar-refractivity contribution in [1.82, 2.24) is 4.72 Å². The van der Waals surface area contributed by atoms with Crippen LogP contribution in [-0.4, -0.2) is 26.4 Å². The number of hydrogen-bond donors (Lipinski definition) is 2. The second-order valence-electron chi connectivity index (χ2n) is 7.13. The highest BCUT2D eigenvalue weighted by atomic mass is 35.5. The molecule has 32 heavy (non-hydrogen) atoms. The van der Waals surface area contributed by atoms with E-state index in [1.807, 2.05) is 0 Å². The second-order valence-corrected chi connectivity index (χ2v) is 9.35. The van der Waals surface area contributed by atoms with Crippen LogP contribution in [0.2, 0.25) is 5.02 Å². The average molecular weight is 475 g/mol. The Morgan fingerprint density at radius 1 is 1.00 bits per heavy atom. The summed E-state index contributed by atoms with van der Waals surface area (Å²) in [5.74, 6) is -1.35. The van der Waals surface area contributed by atoms with Crippen LogP contribution in [0.15, 0.2) is 72.8 Å². The third kappa shape index (κ3) is 6.46. The van der Waals surface area contributed by atoms with Crippen molar-refractivity contribution < 1.29 is 22.4 Å². The van der Waals surface area contributed by atoms with Crippen molar-refractivity contribution >= 4 is 39.0 Å². The van der Waals surface area contributed by atoms with E-state index in [4.69, 9.17) is 11.6 Å². The SMILES string of the molecule is CS(=O)(=O)NC(CC(=O)Nc1ccc(Cl)cc1C(=O)c1ccccc1)c1ccc(F)cc1. The third-order valence-corrected chi connectivity index (χ3v) is 5.50. The predicted molar refractivity (Wildman–Crippen MR) is 122 cm³/mol. The Kier molecular flexibility index (Phi) is 7.40. The summed E-state index contributed by atoms with van der Waals surface area (Å²) in [5, 5.41) is 2.98. The molecule has 0 aromatic heterocycles. The van der Waals surface area contributed by atoms with Crippen LogP contribution in [0, 0.1) is 5.82 Å². The highest BCUT2D eigenvalue weighted by molar-refractivity contribution is 7.88. The van der Waals surface area contributed by atoms with Gasteiger partial charge in [0, 0.05) is 22.6 Å². The van der Waals surface area contributed by atoms with E-state index < -0.39 is 27.8 Å². The number of nitrogens with one attached hydrogen (secondary N) is 2. The number of hydrogen-bond acceptors (Lipinski definition) is 4. The first-order valence-corrected chi connectivity index (χ1v) is 11.8. The number of carbonyl (C=O) groups excluding carboxylic acids is 2. The van der Waals surface area contributed by atoms with Crippen LogP contribution in [0.4, 0.5) is 10.1 Å². The van der Waals surface area contributed by atoms with Crippen LogP contribution in [0.3, 0.4) is 0 Å². The minimum absolute atomic E-state index is 0.200. The zero-order valence-corrected chi connectivity index (χ0v) is 18.6. The number of carbonyl (C=O) groups is 2. The lowest BCUT2D eigenvalue weighted by atomic mass is 10.0. The predicted octanol–water partition coefficient (Wildman–Crippen LogP) is 4.33. The molecule has 1 amide bonds. The van der Waals surface area contributed by atoms with Gasteiger partial charge in [0.1, 0.15) is 5.82 Å². The molecule has 166 valence electrons. The third-order valence-electron chi connectivity index (χ3n) is 4.55. The van der Waals surface area contributed by atoms with Crippen molar-refractivity contribution in [3.05, 3.63) is 100 Å². The molecule has 0 saturated carbocycles. The molecule has 3 aromatic carbocycles. The van der Waals surface area contributed by atoms with Crippen molar-refractivity contribution in [2.75, 3.05) is 11.6 Å². The topological polar surface area (TPSA) is 92.3 Å². The Balaban J connectivity index is 1.85. The molecule has 3 rings (SSSR count). The van der Waals surface area contributed by atoms with E-state index in [1.165, 1.54) is 42.5 Å². The molecule has 0 aliphatic rings. The largest absolute Gasteiger partial charge is 0.325 e. The molecule has 6 nitrogen and oxygen atoms in total. The molecule has 0 bridgehead atoms. The quantitative estimate of drug-likeness (QED) is 0.475. The van der Waals surface area contributed by atoms with Crippen molar-refractivity contribution in [2.45, 2.75) is 12.5 Å². The van der Waals surface area contributed by atoms with Crippen molar-refractivity contribution in [3.8, 4) is 0 Å². The summed E-state index contributed by atoms with van der Waals surface area (Å²) in [5.41, 5.74) is 1.29. The van der Waals surface area contributed by atoms with Crippen LogP contribution in [0.25, 0.3) is 0 Å². The summed E-state index contributed by atoms with van der Waals surface area (Å²) in [6, 6.07) is 17.3. The fourth-order valence-electron chi connectivity index (χ4n) is 3.13. The monoisotopic (exact) mass is 474 g/mol. The number of anilines is 1. The summed E-state index contributed by atoms with van der Waals surface area (Å²) >= 11 is 6.06. The smallest absolute Gasteiger partial charge is 0.226 e. The molecule has 2 N–H and O–H groups in total. The van der Waals surface area contributed by atoms with Gasteiger partial charge >= 0.3 is 0 Å². The van der Waals surface area contributed by atoms with Gasteiger partial charge in [-0.1, -0.05) is 54.1 Å². The fourth-order valence-corrected chi connectivity index (χ4v) is 4.03. The number of halogens is 2. The van der Waals surface area contributed by atoms with Crippen LogP contribution in [-0.2, 0) is 14.8 Å². The van der Waals surface area contributed by atoms with Crippen molar-refractivity contribution in [1.29, 1.82) is 0 Å². The van der Waals surface area contributed by atoms with Gasteiger partial charge in [-0.15, -0.1) is 0 Å². The number of sulfonamides is 1. The molecule has 0 spiro atoms. The van der Waals surface area contributed by atoms with E-state index in [9.17, 15) is 22.4 Å². The molecular formula is C23H20ClFN2O4S. The molecule has 0 saturated heterocycles. The van der Waals surface area contributed by atoms with Gasteiger partial charge in [-0.05, 0) is 35.9 Å². The molecule has 0 heterocycles. The fraction of sp³-hybridized carbons (Fsp3) is 0.130. The van der Waals surface area contributed by atoms with Gasteiger partial charge in [0.15, 0.2) is 5.78 Å². The Morgan fingerprint density at radius 2 is 1.66 bits per heavy atom. The molecule has 0 aliphatic carbocycles. The summed E-state index contributed by atoms with van der Waals surface area (Å²) in [7, 11) is -3.66. The molecule has 0 aliphatic heterocycles. The standard InChI is InChI=1S/C23H20ClFN2O4S/c1-32(30,31)27-21(15-7-10-18(25)11-8-15)14-22(28)26-20-12-9-17(24)13-19(20)23(29)16-5-3-2-4-6-16/h2-13,21,27H,14H2,1H3,(H,26,28). The highest BCUT2D eigenvalue weighted by Gasteiger charge is 2.22. The Labute approximate surface area is 190 Å². The van der Waals surface area contributed by atoms with Crippen molar-refractivity contribution in [3.63, 3.8) is 0 Å². The minimum atomic E-state index is -3.66. The average Bonchev–Trinajstić information content (AvgIpc) is 2.74. The molecule has 9 heteroatoms. The summed E-state index contributed by atoms with van der Waals surface area (Å²) < 4.78 is 39.2. The number of ketones is 1. The molecule has 1 unspecified atom stereocenters. The first kappa shape index (κ1) is 23.6. The lowest BCUT2D eigenvalue weighted by Crippen LogP contribution is -2.31. The number of amides is 1. The van der Waals surface area contributed by atoms with E-state index in [2.05, 4.69) is 10.0 Å². The van der Waals surface area contributed by atoms with Gasteiger partial charge in [0.25, 0.3) is 0 Å². The van der Waals surface area contributed by atoms with E-state index in [0.29, 0.717) is 16.1 Å². The van der Waals surface area contributed by atoms with Gasteiger partial charge in [-0.25, -0.2) is 17.5 Å². The molecule has 1 atom stereocenters. The normalized spacial score (nSPS) is 12.2. The maximum Gasteiger partial charge on any atom is 0.226 e. The summed E-state index contributed by atoms with van der Waals surface area (Å²) in [6.07, 6.45) is 0.692. The Bertz CT molecular complexity index is 1230. The van der Waals surface area contributed by atoms with E-state index in [1.54, 1.807) is 30.3 Å². The lowest BCUT2D eigenvalue weighted by molar-refractivity contribution is -0.116. The maximum atomic E-state index is 13.3.